The van der Waals surface area contributed by atoms with E-state index < -0.39 is 0 Å². The smallest absolute Gasteiger partial charge is 0.238 e. The molecule has 1 aromatic carbocycles. The molecule has 1 unspecified atom stereocenters. The molecule has 6 heteroatoms. The van der Waals surface area contributed by atoms with E-state index >= 15 is 0 Å². The lowest BCUT2D eigenvalue weighted by molar-refractivity contribution is -0.117. The molecule has 2 rings (SSSR count). The van der Waals surface area contributed by atoms with Gasteiger partial charge in [-0.1, -0.05) is 15.9 Å². The van der Waals surface area contributed by atoms with Crippen molar-refractivity contribution in [3.8, 4) is 0 Å². The third-order valence-corrected chi connectivity index (χ3v) is 4.70. The molecule has 1 heterocycles. The second-order valence-corrected chi connectivity index (χ2v) is 6.90. The summed E-state index contributed by atoms with van der Waals surface area (Å²) in [5.74, 6) is 0.651. The van der Waals surface area contributed by atoms with E-state index in [1.807, 2.05) is 25.1 Å². The summed E-state index contributed by atoms with van der Waals surface area (Å²) in [4.78, 5) is 14.4. The van der Waals surface area contributed by atoms with Crippen LogP contribution in [-0.4, -0.2) is 36.5 Å². The Hall–Kier alpha value is -0.620. The van der Waals surface area contributed by atoms with E-state index in [4.69, 9.17) is 5.73 Å². The third-order valence-electron chi connectivity index (χ3n) is 4.21. The number of nitrogens with one attached hydrogen (secondary N) is 1. The fourth-order valence-electron chi connectivity index (χ4n) is 2.80. The van der Waals surface area contributed by atoms with Crippen molar-refractivity contribution in [1.29, 1.82) is 0 Å². The number of nitrogens with two attached hydrogens (primary N) is 1. The first-order valence-corrected chi connectivity index (χ1v) is 8.29. The molecule has 4 nitrogen and oxygen atoms in total. The Morgan fingerprint density at radius 1 is 1.45 bits per heavy atom. The lowest BCUT2D eigenvalue weighted by Crippen LogP contribution is -2.42. The Kier molecular flexibility index (Phi) is 7.83. The number of hydrogen-bond donors (Lipinski definition) is 2. The van der Waals surface area contributed by atoms with Gasteiger partial charge in [0.1, 0.15) is 0 Å². The van der Waals surface area contributed by atoms with E-state index in [9.17, 15) is 4.79 Å². The van der Waals surface area contributed by atoms with Crippen LogP contribution in [0.2, 0.25) is 0 Å². The molecule has 0 bridgehead atoms. The van der Waals surface area contributed by atoms with Crippen molar-refractivity contribution in [2.24, 2.45) is 11.7 Å². The average molecular weight is 391 g/mol. The molecule has 22 heavy (non-hydrogen) atoms. The minimum atomic E-state index is 0. The zero-order valence-corrected chi connectivity index (χ0v) is 15.5. The van der Waals surface area contributed by atoms with Gasteiger partial charge in [0, 0.05) is 16.2 Å². The maximum Gasteiger partial charge on any atom is 0.238 e. The number of piperidine rings is 1. The Morgan fingerprint density at radius 3 is 2.64 bits per heavy atom. The van der Waals surface area contributed by atoms with E-state index in [-0.39, 0.29) is 24.4 Å². The normalized spacial score (nSPS) is 17.6. The van der Waals surface area contributed by atoms with E-state index in [0.717, 1.165) is 41.7 Å². The molecule has 1 saturated heterocycles. The lowest BCUT2D eigenvalue weighted by Gasteiger charge is -2.33. The molecule has 1 aliphatic rings. The molecule has 0 aromatic heterocycles. The van der Waals surface area contributed by atoms with Gasteiger partial charge in [-0.15, -0.1) is 12.4 Å². The number of aryl methyl sites for hydroxylation is 1. The third kappa shape index (κ3) is 5.54. The second-order valence-electron chi connectivity index (χ2n) is 5.98. The zero-order valence-electron chi connectivity index (χ0n) is 13.1. The van der Waals surface area contributed by atoms with Crippen LogP contribution in [0.4, 0.5) is 5.69 Å². The molecule has 1 atom stereocenters. The fourth-order valence-corrected chi connectivity index (χ4v) is 3.27. The second kappa shape index (κ2) is 8.87. The van der Waals surface area contributed by atoms with Crippen LogP contribution in [0.1, 0.15) is 25.3 Å². The summed E-state index contributed by atoms with van der Waals surface area (Å²) < 4.78 is 1.02. The van der Waals surface area contributed by atoms with E-state index in [1.165, 1.54) is 0 Å². The van der Waals surface area contributed by atoms with E-state index in [1.54, 1.807) is 0 Å². The SMILES string of the molecule is Cc1cc(Br)ccc1NC(=O)CN1CCC(C(C)N)CC1.Cl. The van der Waals surface area contributed by atoms with Gasteiger partial charge in [-0.05, 0) is 69.5 Å². The Labute approximate surface area is 147 Å². The number of amides is 1. The molecule has 1 amide bonds. The van der Waals surface area contributed by atoms with Gasteiger partial charge >= 0.3 is 0 Å². The molecule has 3 N–H and O–H groups in total. The fraction of sp³-hybridized carbons (Fsp3) is 0.562. The predicted octanol–water partition coefficient (Wildman–Crippen LogP) is 3.18. The van der Waals surface area contributed by atoms with Crippen LogP contribution in [0.15, 0.2) is 22.7 Å². The summed E-state index contributed by atoms with van der Waals surface area (Å²) in [5, 5.41) is 2.99. The molecule has 1 fully saturated rings. The van der Waals surface area contributed by atoms with Crippen LogP contribution in [0.5, 0.6) is 0 Å². The largest absolute Gasteiger partial charge is 0.328 e. The van der Waals surface area contributed by atoms with Gasteiger partial charge in [0.25, 0.3) is 0 Å². The molecule has 0 radical (unpaired) electrons. The zero-order chi connectivity index (χ0) is 15.4. The Bertz CT molecular complexity index is 502. The Balaban J connectivity index is 0.00000242. The molecule has 1 aromatic rings. The number of benzene rings is 1. The van der Waals surface area contributed by atoms with Crippen LogP contribution >= 0.6 is 28.3 Å². The van der Waals surface area contributed by atoms with Gasteiger partial charge < -0.3 is 11.1 Å². The molecule has 124 valence electrons. The monoisotopic (exact) mass is 389 g/mol. The summed E-state index contributed by atoms with van der Waals surface area (Å²) in [6, 6.07) is 6.13. The average Bonchev–Trinajstić information content (AvgIpc) is 2.42. The number of likely N-dealkylation sites (tertiary alicyclic amines) is 1. The lowest BCUT2D eigenvalue weighted by atomic mass is 9.91. The van der Waals surface area contributed by atoms with Crippen LogP contribution in [0.3, 0.4) is 0 Å². The van der Waals surface area contributed by atoms with Crippen molar-refractivity contribution >= 4 is 39.9 Å². The van der Waals surface area contributed by atoms with Crippen LogP contribution in [0.25, 0.3) is 0 Å². The topological polar surface area (TPSA) is 58.4 Å². The van der Waals surface area contributed by atoms with Crippen molar-refractivity contribution in [1.82, 2.24) is 4.90 Å². The number of anilines is 1. The summed E-state index contributed by atoms with van der Waals surface area (Å²) in [7, 11) is 0. The standard InChI is InChI=1S/C16H24BrN3O.ClH/c1-11-9-14(17)3-4-15(11)19-16(21)10-20-7-5-13(6-8-20)12(2)18;/h3-4,9,12-13H,5-8,10,18H2,1-2H3,(H,19,21);1H. The van der Waals surface area contributed by atoms with Gasteiger partial charge in [0.15, 0.2) is 0 Å². The summed E-state index contributed by atoms with van der Waals surface area (Å²) >= 11 is 3.43. The maximum absolute atomic E-state index is 12.1. The van der Waals surface area contributed by atoms with Crippen molar-refractivity contribution in [3.63, 3.8) is 0 Å². The van der Waals surface area contributed by atoms with Gasteiger partial charge in [0.2, 0.25) is 5.91 Å². The summed E-state index contributed by atoms with van der Waals surface area (Å²) in [5.41, 5.74) is 7.89. The number of carbonyl (C=O) groups is 1. The van der Waals surface area contributed by atoms with Crippen LogP contribution in [-0.2, 0) is 4.79 Å². The van der Waals surface area contributed by atoms with Crippen LogP contribution < -0.4 is 11.1 Å². The highest BCUT2D eigenvalue weighted by molar-refractivity contribution is 9.10. The molecule has 1 aliphatic heterocycles. The van der Waals surface area contributed by atoms with Gasteiger partial charge in [-0.2, -0.15) is 0 Å². The van der Waals surface area contributed by atoms with E-state index in [0.29, 0.717) is 12.5 Å². The summed E-state index contributed by atoms with van der Waals surface area (Å²) in [6.45, 7) is 6.44. The Morgan fingerprint density at radius 2 is 2.09 bits per heavy atom. The maximum atomic E-state index is 12.1. The molecule has 0 aliphatic carbocycles. The first kappa shape index (κ1) is 19.4. The number of nitrogens with zero attached hydrogens (tertiary/aromatic N) is 1. The van der Waals surface area contributed by atoms with Gasteiger partial charge in [0.05, 0.1) is 6.54 Å². The first-order chi connectivity index (χ1) is 9.95. The molecule has 0 spiro atoms. The van der Waals surface area contributed by atoms with Crippen molar-refractivity contribution in [2.75, 3.05) is 25.0 Å². The molecular weight excluding hydrogens is 366 g/mol. The van der Waals surface area contributed by atoms with Crippen LogP contribution in [0, 0.1) is 12.8 Å². The van der Waals surface area contributed by atoms with Gasteiger partial charge in [-0.25, -0.2) is 0 Å². The molecular formula is C16H25BrClN3O. The number of rotatable bonds is 4. The first-order valence-electron chi connectivity index (χ1n) is 7.49. The minimum Gasteiger partial charge on any atom is -0.328 e. The number of carbonyl (C=O) groups excluding carboxylic acids is 1. The molecule has 0 saturated carbocycles. The van der Waals surface area contributed by atoms with Crippen molar-refractivity contribution in [2.45, 2.75) is 32.7 Å². The van der Waals surface area contributed by atoms with E-state index in [2.05, 4.69) is 33.1 Å². The van der Waals surface area contributed by atoms with Crippen molar-refractivity contribution < 1.29 is 4.79 Å². The highest BCUT2D eigenvalue weighted by atomic mass is 79.9. The van der Waals surface area contributed by atoms with Crippen molar-refractivity contribution in [3.05, 3.63) is 28.2 Å². The number of halogens is 2. The van der Waals surface area contributed by atoms with Gasteiger partial charge in [-0.3, -0.25) is 9.69 Å². The highest BCUT2D eigenvalue weighted by Gasteiger charge is 2.23. The summed E-state index contributed by atoms with van der Waals surface area (Å²) in [6.07, 6.45) is 2.17. The quantitative estimate of drug-likeness (QED) is 0.830. The predicted molar refractivity (Wildman–Crippen MR) is 97.6 cm³/mol. The highest BCUT2D eigenvalue weighted by Crippen LogP contribution is 2.21. The number of hydrogen-bond acceptors (Lipinski definition) is 3. The minimum absolute atomic E-state index is 0.